The summed E-state index contributed by atoms with van der Waals surface area (Å²) in [6.45, 7) is 0. The first-order valence-electron chi connectivity index (χ1n) is 8.93. The van der Waals surface area contributed by atoms with Crippen LogP contribution < -0.4 is 15.4 Å². The molecule has 2 N–H and O–H groups in total. The molecule has 4 rings (SSSR count). The van der Waals surface area contributed by atoms with E-state index in [4.69, 9.17) is 0 Å². The molecule has 1 amide bonds. The highest BCUT2D eigenvalue weighted by Gasteiger charge is 2.27. The molecule has 30 heavy (non-hydrogen) atoms. The van der Waals surface area contributed by atoms with Crippen molar-refractivity contribution in [1.29, 1.82) is 0 Å². The molecular weight excluding hydrogens is 386 g/mol. The molecule has 9 heteroatoms. The third-order valence-corrected chi connectivity index (χ3v) is 4.35. The zero-order chi connectivity index (χ0) is 21.1. The Bertz CT molecular complexity index is 1240. The molecule has 0 atom stereocenters. The summed E-state index contributed by atoms with van der Waals surface area (Å²) < 4.78 is 0.522. The summed E-state index contributed by atoms with van der Waals surface area (Å²) in [5.41, 5.74) is 1.30. The Kier molecular flexibility index (Phi) is 4.92. The van der Waals surface area contributed by atoms with Crippen molar-refractivity contribution in [2.75, 3.05) is 10.6 Å². The minimum absolute atomic E-state index is 0.0920. The predicted octanol–water partition coefficient (Wildman–Crippen LogP) is 3.77. The largest absolute Gasteiger partial charge is 0.618 e. The molecular formula is C21H15N5O4. The number of nitro benzene ring substituents is 1. The van der Waals surface area contributed by atoms with Crippen LogP contribution in [0.1, 0.15) is 10.5 Å². The van der Waals surface area contributed by atoms with Gasteiger partial charge >= 0.3 is 11.6 Å². The molecule has 1 heterocycles. The van der Waals surface area contributed by atoms with Crippen molar-refractivity contribution < 1.29 is 14.4 Å². The van der Waals surface area contributed by atoms with Gasteiger partial charge in [0.1, 0.15) is 5.52 Å². The molecule has 0 radical (unpaired) electrons. The molecule has 0 aliphatic carbocycles. The van der Waals surface area contributed by atoms with Crippen LogP contribution in [0.15, 0.2) is 78.9 Å². The van der Waals surface area contributed by atoms with Gasteiger partial charge in [0.25, 0.3) is 5.69 Å². The maximum atomic E-state index is 13.0. The summed E-state index contributed by atoms with van der Waals surface area (Å²) in [6, 6.07) is 21.0. The Labute approximate surface area is 170 Å². The van der Waals surface area contributed by atoms with Crippen LogP contribution >= 0.6 is 0 Å². The number of rotatable bonds is 5. The van der Waals surface area contributed by atoms with Crippen molar-refractivity contribution in [3.05, 3.63) is 99.9 Å². The van der Waals surface area contributed by atoms with E-state index in [1.807, 2.05) is 18.2 Å². The first-order valence-corrected chi connectivity index (χ1v) is 8.93. The van der Waals surface area contributed by atoms with Crippen LogP contribution in [0, 0.1) is 15.3 Å². The molecule has 0 spiro atoms. The van der Waals surface area contributed by atoms with Gasteiger partial charge in [-0.3, -0.25) is 14.9 Å². The summed E-state index contributed by atoms with van der Waals surface area (Å²) in [5.74, 6) is -0.607. The van der Waals surface area contributed by atoms with Gasteiger partial charge in [0.2, 0.25) is 11.3 Å². The average Bonchev–Trinajstić information content (AvgIpc) is 2.75. The maximum absolute atomic E-state index is 13.0. The van der Waals surface area contributed by atoms with E-state index < -0.39 is 10.8 Å². The van der Waals surface area contributed by atoms with E-state index in [2.05, 4.69) is 15.6 Å². The van der Waals surface area contributed by atoms with Crippen LogP contribution in [0.3, 0.4) is 0 Å². The second-order valence-corrected chi connectivity index (χ2v) is 6.34. The first-order chi connectivity index (χ1) is 14.5. The highest BCUT2D eigenvalue weighted by atomic mass is 16.6. The number of nitro groups is 1. The average molecular weight is 401 g/mol. The van der Waals surface area contributed by atoms with E-state index >= 15 is 0 Å². The van der Waals surface area contributed by atoms with Crippen molar-refractivity contribution in [3.8, 4) is 0 Å². The van der Waals surface area contributed by atoms with Crippen molar-refractivity contribution in [2.24, 2.45) is 0 Å². The number of benzene rings is 3. The minimum atomic E-state index is -0.699. The van der Waals surface area contributed by atoms with E-state index in [1.165, 1.54) is 24.3 Å². The van der Waals surface area contributed by atoms with Crippen LogP contribution in [-0.2, 0) is 0 Å². The predicted molar refractivity (Wildman–Crippen MR) is 111 cm³/mol. The SMILES string of the molecule is O=C(Nc1ccc([N+](=O)[O-])cc1)c1c(Nc2ccccc2)nc2ccccc2[n+]1[O-]. The number of amides is 1. The summed E-state index contributed by atoms with van der Waals surface area (Å²) in [6.07, 6.45) is 0. The lowest BCUT2D eigenvalue weighted by Crippen LogP contribution is -2.39. The Morgan fingerprint density at radius 3 is 2.27 bits per heavy atom. The van der Waals surface area contributed by atoms with E-state index in [-0.39, 0.29) is 22.7 Å². The van der Waals surface area contributed by atoms with Gasteiger partial charge in [0.15, 0.2) is 0 Å². The van der Waals surface area contributed by atoms with Gasteiger partial charge < -0.3 is 15.8 Å². The van der Waals surface area contributed by atoms with E-state index in [1.54, 1.807) is 36.4 Å². The molecule has 0 fully saturated rings. The Hall–Kier alpha value is -4.53. The standard InChI is InChI=1S/C21H15N5O4/c27-21(23-15-10-12-16(13-11-15)26(29)30)19-20(22-14-6-2-1-3-7-14)24-17-8-4-5-9-18(17)25(19)28/h1-13H,(H,22,24)(H,23,27). The second kappa shape index (κ2) is 7.84. The Morgan fingerprint density at radius 1 is 0.900 bits per heavy atom. The summed E-state index contributed by atoms with van der Waals surface area (Å²) in [4.78, 5) is 27.7. The fourth-order valence-electron chi connectivity index (χ4n) is 2.92. The highest BCUT2D eigenvalue weighted by Crippen LogP contribution is 2.22. The van der Waals surface area contributed by atoms with Gasteiger partial charge in [0, 0.05) is 29.6 Å². The number of carbonyl (C=O) groups is 1. The lowest BCUT2D eigenvalue weighted by atomic mass is 10.2. The van der Waals surface area contributed by atoms with Gasteiger partial charge in [-0.1, -0.05) is 30.3 Å². The molecule has 0 saturated carbocycles. The molecule has 0 unspecified atom stereocenters. The Morgan fingerprint density at radius 2 is 1.57 bits per heavy atom. The number of nitrogens with one attached hydrogen (secondary N) is 2. The normalized spacial score (nSPS) is 10.5. The van der Waals surface area contributed by atoms with E-state index in [0.29, 0.717) is 21.6 Å². The van der Waals surface area contributed by atoms with Gasteiger partial charge in [-0.25, -0.2) is 4.98 Å². The number of nitrogens with zero attached hydrogens (tertiary/aromatic N) is 3. The van der Waals surface area contributed by atoms with E-state index in [0.717, 1.165) is 0 Å². The Balaban J connectivity index is 1.75. The number of anilines is 3. The molecule has 3 aromatic carbocycles. The number of hydrogen-bond acceptors (Lipinski definition) is 6. The zero-order valence-electron chi connectivity index (χ0n) is 15.5. The van der Waals surface area contributed by atoms with Gasteiger partial charge in [0.05, 0.1) is 4.92 Å². The number of para-hydroxylation sites is 3. The summed E-state index contributed by atoms with van der Waals surface area (Å²) in [7, 11) is 0. The third-order valence-electron chi connectivity index (χ3n) is 4.35. The van der Waals surface area contributed by atoms with Crippen LogP contribution in [0.25, 0.3) is 11.0 Å². The van der Waals surface area contributed by atoms with E-state index in [9.17, 15) is 20.1 Å². The number of carbonyl (C=O) groups excluding carboxylic acids is 1. The van der Waals surface area contributed by atoms with Gasteiger partial charge in [-0.05, 0) is 30.3 Å². The second-order valence-electron chi connectivity index (χ2n) is 6.34. The highest BCUT2D eigenvalue weighted by molar-refractivity contribution is 6.06. The van der Waals surface area contributed by atoms with Crippen molar-refractivity contribution in [1.82, 2.24) is 4.98 Å². The smallest absolute Gasteiger partial charge is 0.325 e. The minimum Gasteiger partial charge on any atom is -0.618 e. The quantitative estimate of drug-likeness (QED) is 0.227. The fraction of sp³-hybridized carbons (Fsp3) is 0. The van der Waals surface area contributed by atoms with Crippen LogP contribution in [0.4, 0.5) is 22.9 Å². The van der Waals surface area contributed by atoms with Crippen LogP contribution in [0.5, 0.6) is 0 Å². The summed E-state index contributed by atoms with van der Waals surface area (Å²) >= 11 is 0. The van der Waals surface area contributed by atoms with Crippen molar-refractivity contribution in [2.45, 2.75) is 0 Å². The monoisotopic (exact) mass is 401 g/mol. The summed E-state index contributed by atoms with van der Waals surface area (Å²) in [5, 5.41) is 29.4. The molecule has 0 bridgehead atoms. The van der Waals surface area contributed by atoms with Crippen molar-refractivity contribution >= 4 is 39.8 Å². The van der Waals surface area contributed by atoms with Crippen molar-refractivity contribution in [3.63, 3.8) is 0 Å². The number of non-ortho nitro benzene ring substituents is 1. The first kappa shape index (κ1) is 18.8. The maximum Gasteiger partial charge on any atom is 0.325 e. The molecule has 0 aliphatic heterocycles. The van der Waals surface area contributed by atoms with Crippen LogP contribution in [-0.4, -0.2) is 15.8 Å². The van der Waals surface area contributed by atoms with Gasteiger partial charge in [-0.2, -0.15) is 4.73 Å². The third kappa shape index (κ3) is 3.72. The lowest BCUT2D eigenvalue weighted by Gasteiger charge is -2.13. The molecule has 0 aliphatic rings. The fourth-order valence-corrected chi connectivity index (χ4v) is 2.92. The molecule has 0 saturated heterocycles. The van der Waals surface area contributed by atoms with Crippen LogP contribution in [0.2, 0.25) is 0 Å². The zero-order valence-corrected chi connectivity index (χ0v) is 15.5. The lowest BCUT2D eigenvalue weighted by molar-refractivity contribution is -0.578. The molecule has 4 aromatic rings. The van der Waals surface area contributed by atoms with Gasteiger partial charge in [-0.15, -0.1) is 0 Å². The number of aromatic nitrogens is 2. The number of hydrogen-bond donors (Lipinski definition) is 2. The molecule has 9 nitrogen and oxygen atoms in total. The molecule has 1 aromatic heterocycles. The topological polar surface area (TPSA) is 124 Å². The number of fused-ring (bicyclic) bond motifs is 1. The molecule has 148 valence electrons.